The van der Waals surface area contributed by atoms with Crippen LogP contribution in [0.15, 0.2) is 64.4 Å². The van der Waals surface area contributed by atoms with Crippen LogP contribution in [0.3, 0.4) is 0 Å². The highest BCUT2D eigenvalue weighted by Crippen LogP contribution is 2.49. The van der Waals surface area contributed by atoms with Gasteiger partial charge in [0.05, 0.1) is 5.69 Å². The standard InChI is InChI=1S/C29H34N2OS/c1-2-3-20-33-28-27(32)24-21-29(17-10-5-11-18-29)25-15-9-8-14-23(25)26(24)31(30-28)19-16-22-12-6-4-7-13-22/h4,6-9,12-15H,2-3,5,10-11,16-21H2,1H3. The fourth-order valence-corrected chi connectivity index (χ4v) is 6.81. The van der Waals surface area contributed by atoms with Crippen molar-refractivity contribution in [3.8, 4) is 11.3 Å². The summed E-state index contributed by atoms with van der Waals surface area (Å²) >= 11 is 1.65. The van der Waals surface area contributed by atoms with Crippen LogP contribution in [0.5, 0.6) is 0 Å². The van der Waals surface area contributed by atoms with E-state index in [0.717, 1.165) is 49.2 Å². The Hall–Kier alpha value is -2.33. The third kappa shape index (κ3) is 4.42. The molecule has 0 saturated heterocycles. The Kier molecular flexibility index (Phi) is 6.73. The van der Waals surface area contributed by atoms with E-state index in [2.05, 4.69) is 66.2 Å². The van der Waals surface area contributed by atoms with Gasteiger partial charge in [-0.1, -0.05) is 87.2 Å². The van der Waals surface area contributed by atoms with Crippen molar-refractivity contribution in [3.63, 3.8) is 0 Å². The van der Waals surface area contributed by atoms with Gasteiger partial charge < -0.3 is 0 Å². The Morgan fingerprint density at radius 1 is 1.00 bits per heavy atom. The zero-order valence-electron chi connectivity index (χ0n) is 19.7. The first-order valence-corrected chi connectivity index (χ1v) is 13.6. The van der Waals surface area contributed by atoms with Crippen LogP contribution in [0.4, 0.5) is 0 Å². The molecule has 1 aromatic heterocycles. The Labute approximate surface area is 201 Å². The molecule has 0 amide bonds. The van der Waals surface area contributed by atoms with E-state index in [1.54, 1.807) is 11.8 Å². The molecule has 0 radical (unpaired) electrons. The second-order valence-electron chi connectivity index (χ2n) is 9.69. The molecule has 4 heteroatoms. The van der Waals surface area contributed by atoms with Crippen molar-refractivity contribution in [1.82, 2.24) is 9.78 Å². The van der Waals surface area contributed by atoms with Crippen molar-refractivity contribution < 1.29 is 0 Å². The molecule has 3 aromatic rings. The van der Waals surface area contributed by atoms with Crippen molar-refractivity contribution >= 4 is 11.8 Å². The molecular formula is C29H34N2OS. The van der Waals surface area contributed by atoms with Crippen LogP contribution in [0.2, 0.25) is 0 Å². The highest BCUT2D eigenvalue weighted by molar-refractivity contribution is 7.99. The van der Waals surface area contributed by atoms with Gasteiger partial charge in [-0.15, -0.1) is 11.8 Å². The highest BCUT2D eigenvalue weighted by atomic mass is 32.2. The summed E-state index contributed by atoms with van der Waals surface area (Å²) in [5, 5.41) is 5.67. The van der Waals surface area contributed by atoms with Gasteiger partial charge in [0, 0.05) is 23.1 Å². The first-order valence-electron chi connectivity index (χ1n) is 12.6. The fourth-order valence-electron chi connectivity index (χ4n) is 5.77. The Bertz CT molecular complexity index is 1160. The second kappa shape index (κ2) is 9.89. The van der Waals surface area contributed by atoms with Gasteiger partial charge >= 0.3 is 0 Å². The summed E-state index contributed by atoms with van der Waals surface area (Å²) in [7, 11) is 0. The normalized spacial score (nSPS) is 16.4. The lowest BCUT2D eigenvalue weighted by atomic mass is 9.62. The number of unbranched alkanes of at least 4 members (excludes halogenated alkanes) is 1. The van der Waals surface area contributed by atoms with E-state index < -0.39 is 0 Å². The third-order valence-corrected chi connectivity index (χ3v) is 8.53. The third-order valence-electron chi connectivity index (χ3n) is 7.49. The molecule has 1 fully saturated rings. The van der Waals surface area contributed by atoms with Gasteiger partial charge in [0.25, 0.3) is 0 Å². The zero-order valence-corrected chi connectivity index (χ0v) is 20.5. The summed E-state index contributed by atoms with van der Waals surface area (Å²) in [6.45, 7) is 2.98. The molecule has 5 rings (SSSR count). The van der Waals surface area contributed by atoms with Gasteiger partial charge in [0.15, 0.2) is 5.03 Å². The maximum absolute atomic E-state index is 13.8. The number of benzene rings is 2. The van der Waals surface area contributed by atoms with Crippen molar-refractivity contribution in [1.29, 1.82) is 0 Å². The van der Waals surface area contributed by atoms with Crippen LogP contribution < -0.4 is 5.43 Å². The van der Waals surface area contributed by atoms with E-state index in [0.29, 0.717) is 5.03 Å². The molecule has 0 atom stereocenters. The molecule has 1 heterocycles. The lowest BCUT2D eigenvalue weighted by Crippen LogP contribution is -2.39. The van der Waals surface area contributed by atoms with Gasteiger partial charge in [-0.2, -0.15) is 5.10 Å². The van der Waals surface area contributed by atoms with E-state index >= 15 is 0 Å². The van der Waals surface area contributed by atoms with E-state index in [1.165, 1.54) is 48.8 Å². The SMILES string of the molecule is CCCCSc1nn(CCc2ccccc2)c2c(c1=O)CC1(CCCCC1)c1ccccc1-2. The molecule has 3 nitrogen and oxygen atoms in total. The molecule has 172 valence electrons. The number of nitrogens with zero attached hydrogens (tertiary/aromatic N) is 2. The Balaban J connectivity index is 1.62. The lowest BCUT2D eigenvalue weighted by Gasteiger charge is -2.43. The largest absolute Gasteiger partial charge is 0.286 e. The van der Waals surface area contributed by atoms with Gasteiger partial charge in [0.1, 0.15) is 0 Å². The van der Waals surface area contributed by atoms with Crippen LogP contribution in [0, 0.1) is 0 Å². The maximum atomic E-state index is 13.8. The fraction of sp³-hybridized carbons (Fsp3) is 0.448. The van der Waals surface area contributed by atoms with E-state index in [-0.39, 0.29) is 10.8 Å². The number of aryl methyl sites for hydroxylation is 2. The van der Waals surface area contributed by atoms with Gasteiger partial charge in [-0.25, -0.2) is 0 Å². The summed E-state index contributed by atoms with van der Waals surface area (Å²) in [6, 6.07) is 19.5. The van der Waals surface area contributed by atoms with Gasteiger partial charge in [-0.3, -0.25) is 9.48 Å². The van der Waals surface area contributed by atoms with Crippen LogP contribution >= 0.6 is 11.8 Å². The predicted molar refractivity (Wildman–Crippen MR) is 138 cm³/mol. The molecule has 2 aliphatic rings. The number of thioether (sulfide) groups is 1. The quantitative estimate of drug-likeness (QED) is 0.288. The number of aromatic nitrogens is 2. The predicted octanol–water partition coefficient (Wildman–Crippen LogP) is 6.80. The van der Waals surface area contributed by atoms with Crippen molar-refractivity contribution in [2.75, 3.05) is 5.75 Å². The van der Waals surface area contributed by atoms with Gasteiger partial charge in [0.2, 0.25) is 5.43 Å². The molecule has 33 heavy (non-hydrogen) atoms. The average Bonchev–Trinajstić information content (AvgIpc) is 2.86. The molecule has 0 bridgehead atoms. The number of hydrogen-bond acceptors (Lipinski definition) is 3. The number of rotatable bonds is 7. The zero-order chi connectivity index (χ0) is 22.7. The van der Waals surface area contributed by atoms with E-state index in [1.807, 2.05) is 0 Å². The molecule has 2 aliphatic carbocycles. The molecule has 0 unspecified atom stereocenters. The van der Waals surface area contributed by atoms with Crippen molar-refractivity contribution in [2.45, 2.75) is 81.7 Å². The monoisotopic (exact) mass is 458 g/mol. The average molecular weight is 459 g/mol. The van der Waals surface area contributed by atoms with Crippen LogP contribution in [-0.2, 0) is 24.8 Å². The molecule has 1 spiro atoms. The van der Waals surface area contributed by atoms with Crippen molar-refractivity contribution in [3.05, 3.63) is 81.5 Å². The maximum Gasteiger partial charge on any atom is 0.217 e. The van der Waals surface area contributed by atoms with Crippen LogP contribution in [-0.4, -0.2) is 15.5 Å². The molecule has 0 aliphatic heterocycles. The smallest absolute Gasteiger partial charge is 0.217 e. The summed E-state index contributed by atoms with van der Waals surface area (Å²) in [4.78, 5) is 13.8. The minimum atomic E-state index is 0.116. The summed E-state index contributed by atoms with van der Waals surface area (Å²) in [5.41, 5.74) is 6.37. The first kappa shape index (κ1) is 22.5. The molecule has 0 N–H and O–H groups in total. The summed E-state index contributed by atoms with van der Waals surface area (Å²) in [5.74, 6) is 0.956. The minimum Gasteiger partial charge on any atom is -0.286 e. The van der Waals surface area contributed by atoms with Crippen molar-refractivity contribution in [2.24, 2.45) is 0 Å². The van der Waals surface area contributed by atoms with Crippen LogP contribution in [0.25, 0.3) is 11.3 Å². The number of fused-ring (bicyclic) bond motifs is 4. The Morgan fingerprint density at radius 3 is 2.55 bits per heavy atom. The van der Waals surface area contributed by atoms with Crippen LogP contribution in [0.1, 0.15) is 68.6 Å². The topological polar surface area (TPSA) is 34.9 Å². The highest BCUT2D eigenvalue weighted by Gasteiger charge is 2.41. The minimum absolute atomic E-state index is 0.116. The number of hydrogen-bond donors (Lipinski definition) is 0. The Morgan fingerprint density at radius 2 is 1.76 bits per heavy atom. The van der Waals surface area contributed by atoms with E-state index in [4.69, 9.17) is 5.10 Å². The lowest BCUT2D eigenvalue weighted by molar-refractivity contribution is 0.286. The second-order valence-corrected chi connectivity index (χ2v) is 10.8. The molecule has 2 aromatic carbocycles. The first-order chi connectivity index (χ1) is 16.2. The molecule has 1 saturated carbocycles. The summed E-state index contributed by atoms with van der Waals surface area (Å²) < 4.78 is 2.16. The summed E-state index contributed by atoms with van der Waals surface area (Å²) in [6.07, 6.45) is 10.2. The molecular weight excluding hydrogens is 424 g/mol. The van der Waals surface area contributed by atoms with Gasteiger partial charge in [-0.05, 0) is 49.0 Å². The van der Waals surface area contributed by atoms with E-state index in [9.17, 15) is 4.79 Å².